The number of aldehydes is 1. The summed E-state index contributed by atoms with van der Waals surface area (Å²) in [4.78, 5) is 21.3. The van der Waals surface area contributed by atoms with Crippen LogP contribution >= 0.6 is 0 Å². The third-order valence-corrected chi connectivity index (χ3v) is 2.63. The quantitative estimate of drug-likeness (QED) is 0.496. The molecule has 0 radical (unpaired) electrons. The molecule has 0 aliphatic heterocycles. The Balaban J connectivity index is 2.59. The van der Waals surface area contributed by atoms with Crippen molar-refractivity contribution in [3.05, 3.63) is 0 Å². The minimum absolute atomic E-state index is 0.137. The lowest BCUT2D eigenvalue weighted by atomic mass is 9.80. The first-order chi connectivity index (χ1) is 6.69. The van der Waals surface area contributed by atoms with Crippen LogP contribution < -0.4 is 0 Å². The summed E-state index contributed by atoms with van der Waals surface area (Å²) in [6, 6.07) is 0. The Morgan fingerprint density at radius 2 is 2.21 bits per heavy atom. The molecule has 80 valence electrons. The van der Waals surface area contributed by atoms with Crippen LogP contribution in [-0.4, -0.2) is 35.4 Å². The molecule has 0 bridgehead atoms. The number of carboxylic acid groups (broad SMARTS) is 1. The molecule has 14 heavy (non-hydrogen) atoms. The molecule has 0 aromatic rings. The number of aliphatic hydroxyl groups excluding tert-OH is 1. The lowest BCUT2D eigenvalue weighted by Gasteiger charge is -2.30. The number of carboxylic acids is 1. The summed E-state index contributed by atoms with van der Waals surface area (Å²) >= 11 is 0. The second-order valence-corrected chi connectivity index (χ2v) is 3.49. The first-order valence-corrected chi connectivity index (χ1v) is 4.59. The van der Waals surface area contributed by atoms with Gasteiger partial charge in [-0.3, -0.25) is 4.79 Å². The molecule has 3 atom stereocenters. The van der Waals surface area contributed by atoms with Crippen molar-refractivity contribution in [2.24, 2.45) is 11.8 Å². The summed E-state index contributed by atoms with van der Waals surface area (Å²) in [5, 5.41) is 17.4. The fourth-order valence-electron chi connectivity index (χ4n) is 1.85. The molecule has 0 aromatic carbocycles. The summed E-state index contributed by atoms with van der Waals surface area (Å²) < 4.78 is 4.90. The van der Waals surface area contributed by atoms with Crippen LogP contribution in [0.15, 0.2) is 0 Å². The molecule has 1 aliphatic rings. The molecular weight excluding hydrogens is 188 g/mol. The van der Waals surface area contributed by atoms with Gasteiger partial charge in [-0.05, 0) is 19.3 Å². The van der Waals surface area contributed by atoms with Crippen molar-refractivity contribution in [2.75, 3.05) is 6.79 Å². The van der Waals surface area contributed by atoms with E-state index in [0.717, 1.165) is 6.29 Å². The van der Waals surface area contributed by atoms with Gasteiger partial charge in [-0.1, -0.05) is 0 Å². The van der Waals surface area contributed by atoms with Crippen LogP contribution in [0.25, 0.3) is 0 Å². The van der Waals surface area contributed by atoms with Crippen LogP contribution in [0.2, 0.25) is 0 Å². The number of rotatable bonds is 4. The van der Waals surface area contributed by atoms with E-state index in [1.54, 1.807) is 0 Å². The van der Waals surface area contributed by atoms with Gasteiger partial charge in [-0.25, -0.2) is 0 Å². The zero-order valence-corrected chi connectivity index (χ0v) is 7.76. The summed E-state index contributed by atoms with van der Waals surface area (Å²) in [5.74, 6) is -1.66. The fourth-order valence-corrected chi connectivity index (χ4v) is 1.85. The Morgan fingerprint density at radius 3 is 2.71 bits per heavy atom. The zero-order chi connectivity index (χ0) is 10.6. The Labute approximate surface area is 81.7 Å². The van der Waals surface area contributed by atoms with Crippen molar-refractivity contribution in [1.82, 2.24) is 0 Å². The van der Waals surface area contributed by atoms with E-state index < -0.39 is 24.8 Å². The van der Waals surface area contributed by atoms with E-state index in [1.165, 1.54) is 0 Å². The summed E-state index contributed by atoms with van der Waals surface area (Å²) in [5.41, 5.74) is 0. The Morgan fingerprint density at radius 1 is 1.50 bits per heavy atom. The molecule has 5 nitrogen and oxygen atoms in total. The number of aliphatic hydroxyl groups is 1. The van der Waals surface area contributed by atoms with Crippen LogP contribution in [0.5, 0.6) is 0 Å². The van der Waals surface area contributed by atoms with E-state index in [-0.39, 0.29) is 5.92 Å². The molecule has 3 unspecified atom stereocenters. The third-order valence-electron chi connectivity index (χ3n) is 2.63. The van der Waals surface area contributed by atoms with Crippen LogP contribution in [0, 0.1) is 11.8 Å². The third kappa shape index (κ3) is 2.52. The van der Waals surface area contributed by atoms with E-state index in [0.29, 0.717) is 19.3 Å². The van der Waals surface area contributed by atoms with Gasteiger partial charge in [0.25, 0.3) is 0 Å². The highest BCUT2D eigenvalue weighted by atomic mass is 16.6. The monoisotopic (exact) mass is 202 g/mol. The predicted octanol–water partition coefficient (Wildman–Crippen LogP) is 0.0212. The number of hydrogen-bond donors (Lipinski definition) is 2. The molecule has 0 aromatic heterocycles. The Kier molecular flexibility index (Phi) is 4.03. The van der Waals surface area contributed by atoms with E-state index in [1.807, 2.05) is 0 Å². The normalized spacial score (nSPS) is 32.5. The van der Waals surface area contributed by atoms with E-state index >= 15 is 0 Å². The maximum absolute atomic E-state index is 10.8. The average Bonchev–Trinajstić information content (AvgIpc) is 2.17. The van der Waals surface area contributed by atoms with Crippen molar-refractivity contribution in [2.45, 2.75) is 25.4 Å². The summed E-state index contributed by atoms with van der Waals surface area (Å²) in [6.07, 6.45) is 1.70. The number of aliphatic carboxylic acids is 1. The molecule has 2 N–H and O–H groups in total. The SMILES string of the molecule is O=CC1CCC(C(=O)O)C(OCO)C1. The first kappa shape index (κ1) is 11.1. The van der Waals surface area contributed by atoms with Gasteiger partial charge >= 0.3 is 5.97 Å². The van der Waals surface area contributed by atoms with Gasteiger partial charge in [0.1, 0.15) is 13.1 Å². The highest BCUT2D eigenvalue weighted by molar-refractivity contribution is 5.71. The molecule has 1 rings (SSSR count). The number of carbonyl (C=O) groups excluding carboxylic acids is 1. The van der Waals surface area contributed by atoms with Crippen molar-refractivity contribution >= 4 is 12.3 Å². The average molecular weight is 202 g/mol. The standard InChI is InChI=1S/C9H14O5/c10-4-6-1-2-7(9(12)13)8(3-6)14-5-11/h4,6-8,11H,1-3,5H2,(H,12,13). The molecule has 1 aliphatic carbocycles. The van der Waals surface area contributed by atoms with Crippen molar-refractivity contribution in [3.8, 4) is 0 Å². The van der Waals surface area contributed by atoms with Crippen molar-refractivity contribution < 1.29 is 24.5 Å². The second kappa shape index (κ2) is 5.07. The van der Waals surface area contributed by atoms with Crippen molar-refractivity contribution in [3.63, 3.8) is 0 Å². The van der Waals surface area contributed by atoms with Crippen molar-refractivity contribution in [1.29, 1.82) is 0 Å². The molecule has 0 heterocycles. The number of hydrogen-bond acceptors (Lipinski definition) is 4. The summed E-state index contributed by atoms with van der Waals surface area (Å²) in [7, 11) is 0. The molecular formula is C9H14O5. The van der Waals surface area contributed by atoms with Gasteiger partial charge in [0, 0.05) is 5.92 Å². The predicted molar refractivity (Wildman–Crippen MR) is 46.5 cm³/mol. The van der Waals surface area contributed by atoms with Gasteiger partial charge in [-0.15, -0.1) is 0 Å². The maximum atomic E-state index is 10.8. The molecule has 1 fully saturated rings. The van der Waals surface area contributed by atoms with Crippen LogP contribution in [0.4, 0.5) is 0 Å². The number of ether oxygens (including phenoxy) is 1. The van der Waals surface area contributed by atoms with Crippen LogP contribution in [0.3, 0.4) is 0 Å². The Hall–Kier alpha value is -0.940. The van der Waals surface area contributed by atoms with E-state index in [4.69, 9.17) is 14.9 Å². The molecule has 5 heteroatoms. The fraction of sp³-hybridized carbons (Fsp3) is 0.778. The Bertz CT molecular complexity index is 215. The van der Waals surface area contributed by atoms with Crippen LogP contribution in [0.1, 0.15) is 19.3 Å². The van der Waals surface area contributed by atoms with Gasteiger partial charge in [0.2, 0.25) is 0 Å². The topological polar surface area (TPSA) is 83.8 Å². The smallest absolute Gasteiger partial charge is 0.309 e. The lowest BCUT2D eigenvalue weighted by Crippen LogP contribution is -2.37. The van der Waals surface area contributed by atoms with Gasteiger partial charge in [0.05, 0.1) is 12.0 Å². The molecule has 0 spiro atoms. The summed E-state index contributed by atoms with van der Waals surface area (Å²) in [6.45, 7) is -0.500. The van der Waals surface area contributed by atoms with E-state index in [9.17, 15) is 9.59 Å². The number of carbonyl (C=O) groups is 2. The largest absolute Gasteiger partial charge is 0.481 e. The minimum Gasteiger partial charge on any atom is -0.481 e. The molecule has 0 saturated heterocycles. The molecule has 1 saturated carbocycles. The first-order valence-electron chi connectivity index (χ1n) is 4.59. The van der Waals surface area contributed by atoms with Gasteiger partial charge in [-0.2, -0.15) is 0 Å². The van der Waals surface area contributed by atoms with Gasteiger partial charge in [0.15, 0.2) is 0 Å². The highest BCUT2D eigenvalue weighted by Gasteiger charge is 2.35. The highest BCUT2D eigenvalue weighted by Crippen LogP contribution is 2.30. The molecule has 0 amide bonds. The lowest BCUT2D eigenvalue weighted by molar-refractivity contribution is -0.157. The maximum Gasteiger partial charge on any atom is 0.309 e. The zero-order valence-electron chi connectivity index (χ0n) is 7.76. The minimum atomic E-state index is -0.923. The van der Waals surface area contributed by atoms with Gasteiger partial charge < -0.3 is 19.7 Å². The second-order valence-electron chi connectivity index (χ2n) is 3.49. The van der Waals surface area contributed by atoms with Crippen LogP contribution in [-0.2, 0) is 14.3 Å². The van der Waals surface area contributed by atoms with E-state index in [2.05, 4.69) is 0 Å².